The van der Waals surface area contributed by atoms with Crippen LogP contribution in [0.25, 0.3) is 10.8 Å². The van der Waals surface area contributed by atoms with E-state index in [-0.39, 0.29) is 71.9 Å². The zero-order chi connectivity index (χ0) is 63.3. The summed E-state index contributed by atoms with van der Waals surface area (Å²) in [5.41, 5.74) is 8.80. The van der Waals surface area contributed by atoms with Crippen molar-refractivity contribution < 1.29 is 76.9 Å². The number of halogens is 1. The first-order valence-electron chi connectivity index (χ1n) is 29.9. The minimum atomic E-state index is -4.64. The number of hydrogen-bond acceptors (Lipinski definition) is 14. The van der Waals surface area contributed by atoms with Crippen LogP contribution < -0.4 is 41.0 Å². The number of rotatable bonds is 26. The number of nitrogens with one attached hydrogen (secondary N) is 3. The standard InChI is InChI=1S/C62H75ClN8O12.H3O4P/c1-39-33-49-55(44-16-7-6-15-43(39)44)41(36-63)37-70(49)52(72)19-5-3-12-32-82-51-35-48-45(34-50(51)81-2)57(76)68-31-13-18-47(68)58(77)71(48)61(80)83-38-40-20-22-42(23-21-40)66-56(75)46(17-8-9-28-64)67-60(79)62(26-14-27-62)59(78)65-29-10-4-11-30-69-53(73)24-25-54(69)74;1-5(2,3)4/h6-7,15-16,20-25,33-35,41,46-47,58,77H,3-5,8-14,17-19,26-32,36-38,64H2,1-2H3,(H,65,78)(H,66,75)(H,67,79);(H3,1,2,3,4)/t41-,46+,47+,58?;/m1./s1. The first-order valence-corrected chi connectivity index (χ1v) is 32.0. The molecule has 5 aliphatic rings. The molecule has 9 N–H and O–H groups in total. The second-order valence-corrected chi connectivity index (χ2v) is 24.0. The summed E-state index contributed by atoms with van der Waals surface area (Å²) < 4.78 is 26.7. The van der Waals surface area contributed by atoms with Gasteiger partial charge >= 0.3 is 13.9 Å². The van der Waals surface area contributed by atoms with Gasteiger partial charge in [0.25, 0.3) is 17.7 Å². The number of anilines is 3. The molecule has 9 rings (SSSR count). The van der Waals surface area contributed by atoms with Crippen LogP contribution in [0.4, 0.5) is 21.9 Å². The van der Waals surface area contributed by atoms with Crippen molar-refractivity contribution in [2.45, 2.75) is 134 Å². The summed E-state index contributed by atoms with van der Waals surface area (Å²) in [6.45, 7) is 3.99. The highest BCUT2D eigenvalue weighted by Gasteiger charge is 2.51. The molecule has 4 heterocycles. The van der Waals surface area contributed by atoms with Crippen molar-refractivity contribution in [3.05, 3.63) is 101 Å². The third-order valence-corrected chi connectivity index (χ3v) is 17.1. The van der Waals surface area contributed by atoms with Gasteiger partial charge in [-0.1, -0.05) is 42.8 Å². The molecule has 88 heavy (non-hydrogen) atoms. The molecular formula is C62H78ClN8O16P. The SMILES string of the molecule is COc1cc2c(cc1OCCCCCC(=O)N1C[C@@H](CCl)c3c1cc(C)c1ccccc31)N(C(=O)OCc1ccc(NC(=O)[C@H](CCCCN)NC(=O)C3(C(=O)NCCCCCN4C(=O)C=CC4=O)CCC3)cc1)C(O)[C@@H]1CCCN1C2=O.O=P(O)(O)O. The van der Waals surface area contributed by atoms with Gasteiger partial charge in [0, 0.05) is 74.0 Å². The van der Waals surface area contributed by atoms with Crippen LogP contribution in [0.3, 0.4) is 0 Å². The number of alkyl halides is 1. The van der Waals surface area contributed by atoms with Crippen LogP contribution in [0.15, 0.2) is 78.9 Å². The first-order chi connectivity index (χ1) is 42.2. The molecule has 2 fully saturated rings. The highest BCUT2D eigenvalue weighted by atomic mass is 35.5. The number of benzene rings is 4. The van der Waals surface area contributed by atoms with E-state index < -0.39 is 55.4 Å². The van der Waals surface area contributed by atoms with Crippen molar-refractivity contribution in [1.82, 2.24) is 20.4 Å². The van der Waals surface area contributed by atoms with Crippen molar-refractivity contribution >= 4 is 94.7 Å². The maximum atomic E-state index is 14.2. The highest BCUT2D eigenvalue weighted by Crippen LogP contribution is 2.45. The number of phosphoric acid groups is 1. The monoisotopic (exact) mass is 1260 g/mol. The Bertz CT molecular complexity index is 3290. The smallest absolute Gasteiger partial charge is 0.466 e. The predicted octanol–water partition coefficient (Wildman–Crippen LogP) is 6.55. The average Bonchev–Trinajstić information content (AvgIpc) is 1.57. The number of hydrogen-bond donors (Lipinski definition) is 8. The molecule has 1 aliphatic carbocycles. The molecule has 4 aliphatic heterocycles. The van der Waals surface area contributed by atoms with E-state index in [1.54, 1.807) is 29.2 Å². The van der Waals surface area contributed by atoms with Crippen LogP contribution in [0.2, 0.25) is 0 Å². The van der Waals surface area contributed by atoms with Crippen molar-refractivity contribution in [3.63, 3.8) is 0 Å². The van der Waals surface area contributed by atoms with E-state index in [9.17, 15) is 43.5 Å². The number of aryl methyl sites for hydroxylation is 1. The molecule has 0 bridgehead atoms. The summed E-state index contributed by atoms with van der Waals surface area (Å²) in [6.07, 6.45) is 8.08. The van der Waals surface area contributed by atoms with Crippen LogP contribution in [-0.4, -0.2) is 148 Å². The van der Waals surface area contributed by atoms with E-state index in [2.05, 4.69) is 41.1 Å². The lowest BCUT2D eigenvalue weighted by Gasteiger charge is -2.39. The van der Waals surface area contributed by atoms with Gasteiger partial charge in [-0.05, 0) is 149 Å². The Balaban J connectivity index is 0.00000193. The first kappa shape index (κ1) is 66.5. The topological polar surface area (TPSA) is 337 Å². The lowest BCUT2D eigenvalue weighted by Crippen LogP contribution is -2.58. The number of unbranched alkanes of at least 4 members (excludes halogenated alkanes) is 5. The molecule has 4 atom stereocenters. The lowest BCUT2D eigenvalue weighted by atomic mass is 9.67. The Morgan fingerprint density at radius 2 is 1.55 bits per heavy atom. The molecule has 8 amide bonds. The van der Waals surface area contributed by atoms with Crippen molar-refractivity contribution in [1.29, 1.82) is 0 Å². The summed E-state index contributed by atoms with van der Waals surface area (Å²) in [4.78, 5) is 134. The quantitative estimate of drug-likeness (QED) is 0.0109. The summed E-state index contributed by atoms with van der Waals surface area (Å²) >= 11 is 6.46. The van der Waals surface area contributed by atoms with Crippen LogP contribution >= 0.6 is 19.4 Å². The van der Waals surface area contributed by atoms with Gasteiger partial charge in [-0.15, -0.1) is 11.6 Å². The van der Waals surface area contributed by atoms with Gasteiger partial charge in [-0.3, -0.25) is 38.5 Å². The molecule has 0 radical (unpaired) electrons. The number of amides is 8. The van der Waals surface area contributed by atoms with Crippen molar-refractivity contribution in [2.75, 3.05) is 67.4 Å². The summed E-state index contributed by atoms with van der Waals surface area (Å²) in [7, 11) is -3.18. The van der Waals surface area contributed by atoms with Gasteiger partial charge in [0.05, 0.1) is 31.0 Å². The zero-order valence-corrected chi connectivity index (χ0v) is 51.1. The number of carbonyl (C=O) groups is 8. The third kappa shape index (κ3) is 15.9. The molecule has 1 saturated heterocycles. The summed E-state index contributed by atoms with van der Waals surface area (Å²) in [5.74, 6) is -1.44. The fourth-order valence-corrected chi connectivity index (χ4v) is 12.2. The Morgan fingerprint density at radius 3 is 2.22 bits per heavy atom. The largest absolute Gasteiger partial charge is 0.493 e. The summed E-state index contributed by atoms with van der Waals surface area (Å²) in [5, 5.41) is 22.8. The number of carbonyl (C=O) groups excluding carboxylic acids is 8. The molecule has 1 unspecified atom stereocenters. The molecule has 1 saturated carbocycles. The Kier molecular flexibility index (Phi) is 22.8. The van der Waals surface area contributed by atoms with Crippen LogP contribution in [0.1, 0.15) is 129 Å². The molecule has 0 aromatic heterocycles. The van der Waals surface area contributed by atoms with Crippen molar-refractivity contribution in [2.24, 2.45) is 11.1 Å². The van der Waals surface area contributed by atoms with E-state index in [1.807, 2.05) is 17.0 Å². The number of imide groups is 1. The van der Waals surface area contributed by atoms with Gasteiger partial charge < -0.3 is 65.5 Å². The fourth-order valence-electron chi connectivity index (χ4n) is 11.9. The average molecular weight is 1260 g/mol. The minimum absolute atomic E-state index is 0.0406. The van der Waals surface area contributed by atoms with E-state index >= 15 is 0 Å². The van der Waals surface area contributed by atoms with Crippen LogP contribution in [-0.2, 0) is 44.7 Å². The normalized spacial score (nSPS) is 18.5. The molecule has 4 aromatic rings. The molecule has 26 heteroatoms. The summed E-state index contributed by atoms with van der Waals surface area (Å²) in [6, 6.07) is 18.3. The molecule has 0 spiro atoms. The second kappa shape index (κ2) is 30.2. The fraction of sp³-hybridized carbons (Fsp3) is 0.484. The number of methoxy groups -OCH3 is 1. The van der Waals surface area contributed by atoms with Gasteiger partial charge in [-0.25, -0.2) is 14.3 Å². The number of nitrogens with two attached hydrogens (primary N) is 1. The molecule has 474 valence electrons. The van der Waals surface area contributed by atoms with Crippen LogP contribution in [0, 0.1) is 12.3 Å². The van der Waals surface area contributed by atoms with E-state index in [4.69, 9.17) is 50.8 Å². The minimum Gasteiger partial charge on any atom is -0.493 e. The number of nitrogens with zero attached hydrogens (tertiary/aromatic N) is 4. The molecule has 4 aromatic carbocycles. The zero-order valence-electron chi connectivity index (χ0n) is 49.5. The Hall–Kier alpha value is -7.44. The van der Waals surface area contributed by atoms with E-state index in [0.717, 1.165) is 32.5 Å². The van der Waals surface area contributed by atoms with Gasteiger partial charge in [-0.2, -0.15) is 0 Å². The Morgan fingerprint density at radius 1 is 0.841 bits per heavy atom. The highest BCUT2D eigenvalue weighted by molar-refractivity contribution is 7.45. The number of fused-ring (bicyclic) bond motifs is 5. The Labute approximate surface area is 515 Å². The van der Waals surface area contributed by atoms with Gasteiger partial charge in [0.2, 0.25) is 23.6 Å². The number of aliphatic hydroxyl groups excluding tert-OH is 1. The van der Waals surface area contributed by atoms with E-state index in [0.29, 0.717) is 140 Å². The van der Waals surface area contributed by atoms with Crippen LogP contribution in [0.5, 0.6) is 11.5 Å². The molecular weight excluding hydrogens is 1180 g/mol. The number of ether oxygens (including phenoxy) is 3. The van der Waals surface area contributed by atoms with Gasteiger partial charge in [0.1, 0.15) is 18.1 Å². The maximum Gasteiger partial charge on any atom is 0.466 e. The van der Waals surface area contributed by atoms with Gasteiger partial charge in [0.15, 0.2) is 17.7 Å². The maximum absolute atomic E-state index is 14.2. The second-order valence-electron chi connectivity index (χ2n) is 22.7. The third-order valence-electron chi connectivity index (χ3n) is 16.8. The van der Waals surface area contributed by atoms with Crippen molar-refractivity contribution in [3.8, 4) is 11.5 Å². The molecule has 24 nitrogen and oxygen atoms in total. The number of aliphatic hydroxyl groups is 1. The lowest BCUT2D eigenvalue weighted by molar-refractivity contribution is -0.151. The van der Waals surface area contributed by atoms with E-state index in [1.165, 1.54) is 36.3 Å². The predicted molar refractivity (Wildman–Crippen MR) is 327 cm³/mol.